The largest absolute Gasteiger partial charge is 0.394 e. The van der Waals surface area contributed by atoms with Gasteiger partial charge in [0.2, 0.25) is 5.95 Å². The van der Waals surface area contributed by atoms with E-state index in [-0.39, 0.29) is 12.6 Å². The summed E-state index contributed by atoms with van der Waals surface area (Å²) in [5.74, 6) is 0.889. The minimum Gasteiger partial charge on any atom is -0.394 e. The number of pyridine rings is 1. The number of anilines is 1. The van der Waals surface area contributed by atoms with Gasteiger partial charge in [-0.15, -0.1) is 5.10 Å². The molecule has 0 saturated heterocycles. The lowest BCUT2D eigenvalue weighted by atomic mass is 10.1. The molecule has 92 valence electrons. The van der Waals surface area contributed by atoms with Gasteiger partial charge in [0.15, 0.2) is 5.65 Å². The monoisotopic (exact) mass is 234 g/mol. The molecule has 5 heteroatoms. The van der Waals surface area contributed by atoms with Crippen molar-refractivity contribution in [2.45, 2.75) is 26.8 Å². The average molecular weight is 234 g/mol. The minimum absolute atomic E-state index is 0.0206. The molecule has 2 aromatic rings. The summed E-state index contributed by atoms with van der Waals surface area (Å²) < 4.78 is 1.79. The van der Waals surface area contributed by atoms with Gasteiger partial charge < -0.3 is 10.4 Å². The number of aliphatic hydroxyl groups is 1. The quantitative estimate of drug-likeness (QED) is 0.841. The van der Waals surface area contributed by atoms with Crippen molar-refractivity contribution in [3.05, 3.63) is 23.9 Å². The van der Waals surface area contributed by atoms with E-state index in [1.54, 1.807) is 4.52 Å². The van der Waals surface area contributed by atoms with E-state index in [2.05, 4.69) is 29.2 Å². The molecule has 1 unspecified atom stereocenters. The number of hydrogen-bond acceptors (Lipinski definition) is 4. The summed E-state index contributed by atoms with van der Waals surface area (Å²) in [7, 11) is 0. The maximum atomic E-state index is 9.26. The second-order valence-corrected chi connectivity index (χ2v) is 4.55. The van der Waals surface area contributed by atoms with E-state index in [4.69, 9.17) is 0 Å². The van der Waals surface area contributed by atoms with Crippen LogP contribution in [-0.4, -0.2) is 32.4 Å². The fourth-order valence-electron chi connectivity index (χ4n) is 1.69. The van der Waals surface area contributed by atoms with E-state index in [9.17, 15) is 5.11 Å². The Kier molecular flexibility index (Phi) is 3.28. The third-order valence-corrected chi connectivity index (χ3v) is 2.86. The molecular formula is C12H18N4O. The van der Waals surface area contributed by atoms with Gasteiger partial charge in [0.25, 0.3) is 0 Å². The number of rotatable bonds is 4. The summed E-state index contributed by atoms with van der Waals surface area (Å²) in [6.07, 6.45) is 0. The van der Waals surface area contributed by atoms with Crippen LogP contribution in [0.25, 0.3) is 5.65 Å². The van der Waals surface area contributed by atoms with Crippen LogP contribution in [0.4, 0.5) is 5.95 Å². The lowest BCUT2D eigenvalue weighted by Crippen LogP contribution is -2.29. The zero-order valence-electron chi connectivity index (χ0n) is 10.4. The first-order valence-corrected chi connectivity index (χ1v) is 5.81. The Labute approximate surface area is 100 Å². The molecule has 5 nitrogen and oxygen atoms in total. The Morgan fingerprint density at radius 2 is 2.18 bits per heavy atom. The summed E-state index contributed by atoms with van der Waals surface area (Å²) in [6.45, 7) is 6.16. The van der Waals surface area contributed by atoms with Crippen LogP contribution in [0.15, 0.2) is 18.2 Å². The van der Waals surface area contributed by atoms with Gasteiger partial charge in [-0.1, -0.05) is 19.9 Å². The van der Waals surface area contributed by atoms with Gasteiger partial charge in [-0.3, -0.25) is 0 Å². The summed E-state index contributed by atoms with van der Waals surface area (Å²) in [5, 5.41) is 16.8. The van der Waals surface area contributed by atoms with Gasteiger partial charge in [0.1, 0.15) is 0 Å². The van der Waals surface area contributed by atoms with Crippen LogP contribution in [0.2, 0.25) is 0 Å². The first kappa shape index (κ1) is 11.9. The van der Waals surface area contributed by atoms with Crippen LogP contribution >= 0.6 is 0 Å². The molecule has 2 heterocycles. The SMILES string of the molecule is Cc1cccc2nc(NC(CO)C(C)C)nn12. The Bertz CT molecular complexity index is 506. The van der Waals surface area contributed by atoms with E-state index in [1.165, 1.54) is 0 Å². The molecule has 17 heavy (non-hydrogen) atoms. The molecule has 0 saturated carbocycles. The Morgan fingerprint density at radius 3 is 2.76 bits per heavy atom. The van der Waals surface area contributed by atoms with Crippen molar-refractivity contribution in [1.82, 2.24) is 14.6 Å². The van der Waals surface area contributed by atoms with E-state index in [0.717, 1.165) is 11.3 Å². The number of aliphatic hydroxyl groups excluding tert-OH is 1. The van der Waals surface area contributed by atoms with Gasteiger partial charge in [-0.05, 0) is 25.0 Å². The third-order valence-electron chi connectivity index (χ3n) is 2.86. The van der Waals surface area contributed by atoms with Gasteiger partial charge in [0.05, 0.1) is 12.6 Å². The average Bonchev–Trinajstić information content (AvgIpc) is 2.69. The number of nitrogens with one attached hydrogen (secondary N) is 1. The highest BCUT2D eigenvalue weighted by Gasteiger charge is 2.14. The zero-order chi connectivity index (χ0) is 12.4. The summed E-state index contributed by atoms with van der Waals surface area (Å²) in [5.41, 5.74) is 1.85. The fraction of sp³-hybridized carbons (Fsp3) is 0.500. The normalized spacial score (nSPS) is 13.2. The lowest BCUT2D eigenvalue weighted by molar-refractivity contribution is 0.248. The zero-order valence-corrected chi connectivity index (χ0v) is 10.4. The molecule has 1 atom stereocenters. The lowest BCUT2D eigenvalue weighted by Gasteiger charge is -2.18. The molecule has 0 radical (unpaired) electrons. The molecule has 0 spiro atoms. The van der Waals surface area contributed by atoms with Crippen molar-refractivity contribution in [3.8, 4) is 0 Å². The molecular weight excluding hydrogens is 216 g/mol. The van der Waals surface area contributed by atoms with E-state index in [1.807, 2.05) is 25.1 Å². The van der Waals surface area contributed by atoms with E-state index in [0.29, 0.717) is 11.9 Å². The smallest absolute Gasteiger partial charge is 0.243 e. The van der Waals surface area contributed by atoms with E-state index < -0.39 is 0 Å². The van der Waals surface area contributed by atoms with Crippen LogP contribution in [0.1, 0.15) is 19.5 Å². The van der Waals surface area contributed by atoms with Gasteiger partial charge in [0, 0.05) is 5.69 Å². The minimum atomic E-state index is -0.0206. The third kappa shape index (κ3) is 2.39. The first-order chi connectivity index (χ1) is 8.11. The van der Waals surface area contributed by atoms with Crippen molar-refractivity contribution in [3.63, 3.8) is 0 Å². The van der Waals surface area contributed by atoms with Gasteiger partial charge >= 0.3 is 0 Å². The standard InChI is InChI=1S/C12H18N4O/c1-8(2)10(7-17)13-12-14-11-6-4-5-9(3)16(11)15-12/h4-6,8,10,17H,7H2,1-3H3,(H,13,15). The van der Waals surface area contributed by atoms with Crippen LogP contribution in [0.5, 0.6) is 0 Å². The number of fused-ring (bicyclic) bond motifs is 1. The fourth-order valence-corrected chi connectivity index (χ4v) is 1.69. The molecule has 0 amide bonds. The molecule has 2 rings (SSSR count). The molecule has 0 bridgehead atoms. The first-order valence-electron chi connectivity index (χ1n) is 5.81. The molecule has 0 aliphatic carbocycles. The molecule has 2 N–H and O–H groups in total. The number of nitrogens with zero attached hydrogens (tertiary/aromatic N) is 3. The van der Waals surface area contributed by atoms with Crippen molar-refractivity contribution in [1.29, 1.82) is 0 Å². The number of aryl methyl sites for hydroxylation is 1. The molecule has 0 aromatic carbocycles. The van der Waals surface area contributed by atoms with E-state index >= 15 is 0 Å². The van der Waals surface area contributed by atoms with Crippen molar-refractivity contribution in [2.75, 3.05) is 11.9 Å². The number of hydrogen-bond donors (Lipinski definition) is 2. The molecule has 0 fully saturated rings. The molecule has 2 aromatic heterocycles. The predicted molar refractivity (Wildman–Crippen MR) is 67.1 cm³/mol. The Hall–Kier alpha value is -1.62. The maximum Gasteiger partial charge on any atom is 0.243 e. The Balaban J connectivity index is 2.28. The van der Waals surface area contributed by atoms with Crippen LogP contribution in [0, 0.1) is 12.8 Å². The Morgan fingerprint density at radius 1 is 1.41 bits per heavy atom. The number of aromatic nitrogens is 3. The summed E-state index contributed by atoms with van der Waals surface area (Å²) in [6, 6.07) is 5.83. The van der Waals surface area contributed by atoms with Gasteiger partial charge in [-0.25, -0.2) is 4.52 Å². The van der Waals surface area contributed by atoms with Gasteiger partial charge in [-0.2, -0.15) is 4.98 Å². The highest BCUT2D eigenvalue weighted by molar-refractivity contribution is 5.44. The summed E-state index contributed by atoms with van der Waals surface area (Å²) in [4.78, 5) is 4.37. The summed E-state index contributed by atoms with van der Waals surface area (Å²) >= 11 is 0. The predicted octanol–water partition coefficient (Wildman–Crippen LogP) is 1.47. The highest BCUT2D eigenvalue weighted by atomic mass is 16.3. The van der Waals surface area contributed by atoms with Crippen molar-refractivity contribution >= 4 is 11.6 Å². The second kappa shape index (κ2) is 4.71. The van der Waals surface area contributed by atoms with Crippen LogP contribution in [0.3, 0.4) is 0 Å². The highest BCUT2D eigenvalue weighted by Crippen LogP contribution is 2.11. The van der Waals surface area contributed by atoms with Crippen molar-refractivity contribution in [2.24, 2.45) is 5.92 Å². The maximum absolute atomic E-state index is 9.26. The van der Waals surface area contributed by atoms with Crippen molar-refractivity contribution < 1.29 is 5.11 Å². The molecule has 0 aliphatic heterocycles. The second-order valence-electron chi connectivity index (χ2n) is 4.55. The molecule has 0 aliphatic rings. The topological polar surface area (TPSA) is 62.5 Å². The van der Waals surface area contributed by atoms with Crippen LogP contribution in [-0.2, 0) is 0 Å². The van der Waals surface area contributed by atoms with Crippen LogP contribution < -0.4 is 5.32 Å².